The van der Waals surface area contributed by atoms with Gasteiger partial charge in [0.05, 0.1) is 23.2 Å². The fraction of sp³-hybridized carbons (Fsp3) is 0.158. The van der Waals surface area contributed by atoms with Gasteiger partial charge in [-0.3, -0.25) is 0 Å². The second-order valence-electron chi connectivity index (χ2n) is 5.30. The number of ether oxygens (including phenoxy) is 1. The minimum atomic E-state index is 0.464. The Labute approximate surface area is 148 Å². The molecule has 0 bridgehead atoms. The Morgan fingerprint density at radius 2 is 2.17 bits per heavy atom. The number of aromatic amines is 1. The summed E-state index contributed by atoms with van der Waals surface area (Å²) in [6, 6.07) is 15.7. The summed E-state index contributed by atoms with van der Waals surface area (Å²) >= 11 is 3.47. The van der Waals surface area contributed by atoms with E-state index < -0.39 is 0 Å². The van der Waals surface area contributed by atoms with Crippen LogP contribution in [0.3, 0.4) is 0 Å². The minimum Gasteiger partial charge on any atom is -0.493 e. The van der Waals surface area contributed by atoms with E-state index in [1.165, 1.54) is 0 Å². The van der Waals surface area contributed by atoms with E-state index in [4.69, 9.17) is 4.74 Å². The van der Waals surface area contributed by atoms with Crippen LogP contribution in [0.1, 0.15) is 24.7 Å². The summed E-state index contributed by atoms with van der Waals surface area (Å²) < 4.78 is 6.71. The number of halogens is 1. The van der Waals surface area contributed by atoms with Gasteiger partial charge in [0.2, 0.25) is 0 Å². The van der Waals surface area contributed by atoms with Gasteiger partial charge in [-0.05, 0) is 42.8 Å². The van der Waals surface area contributed by atoms with E-state index in [1.807, 2.05) is 42.5 Å². The summed E-state index contributed by atoms with van der Waals surface area (Å²) in [5, 5.41) is 9.57. The highest BCUT2D eigenvalue weighted by atomic mass is 79.9. The van der Waals surface area contributed by atoms with Crippen molar-refractivity contribution in [3.05, 3.63) is 58.3 Å². The van der Waals surface area contributed by atoms with Gasteiger partial charge in [-0.15, -0.1) is 0 Å². The first kappa shape index (κ1) is 16.3. The molecule has 0 saturated heterocycles. The second kappa shape index (κ2) is 7.33. The zero-order chi connectivity index (χ0) is 16.9. The zero-order valence-corrected chi connectivity index (χ0v) is 14.8. The number of hydrogen-bond acceptors (Lipinski definition) is 3. The van der Waals surface area contributed by atoms with Crippen molar-refractivity contribution < 1.29 is 4.74 Å². The Bertz CT molecular complexity index is 904. The fourth-order valence-corrected chi connectivity index (χ4v) is 2.74. The van der Waals surface area contributed by atoms with Crippen LogP contribution >= 0.6 is 15.9 Å². The van der Waals surface area contributed by atoms with Crippen LogP contribution in [0, 0.1) is 11.3 Å². The number of allylic oxidation sites excluding steroid dienone is 1. The lowest BCUT2D eigenvalue weighted by molar-refractivity contribution is 0.317. The molecule has 0 radical (unpaired) electrons. The Morgan fingerprint density at radius 1 is 1.33 bits per heavy atom. The van der Waals surface area contributed by atoms with E-state index in [1.54, 1.807) is 6.08 Å². The Hall–Kier alpha value is -2.58. The van der Waals surface area contributed by atoms with Crippen LogP contribution in [0.2, 0.25) is 0 Å². The Morgan fingerprint density at radius 3 is 2.92 bits per heavy atom. The molecule has 24 heavy (non-hydrogen) atoms. The van der Waals surface area contributed by atoms with E-state index >= 15 is 0 Å². The topological polar surface area (TPSA) is 61.7 Å². The summed E-state index contributed by atoms with van der Waals surface area (Å²) in [6.45, 7) is 2.69. The predicted octanol–water partition coefficient (Wildman–Crippen LogP) is 5.18. The third kappa shape index (κ3) is 3.50. The monoisotopic (exact) mass is 381 g/mol. The number of para-hydroxylation sites is 2. The maximum atomic E-state index is 9.57. The zero-order valence-electron chi connectivity index (χ0n) is 13.2. The summed E-state index contributed by atoms with van der Waals surface area (Å²) in [7, 11) is 0. The van der Waals surface area contributed by atoms with Crippen molar-refractivity contribution in [2.24, 2.45) is 0 Å². The first-order chi connectivity index (χ1) is 11.7. The SMILES string of the molecule is CCCOc1ccc(Br)cc1/C=C(/C#N)c1nc2ccccc2[nH]1. The van der Waals surface area contributed by atoms with E-state index in [9.17, 15) is 5.26 Å². The fourth-order valence-electron chi connectivity index (χ4n) is 2.37. The number of aromatic nitrogens is 2. The van der Waals surface area contributed by atoms with Crippen LogP contribution < -0.4 is 4.74 Å². The van der Waals surface area contributed by atoms with Crippen molar-refractivity contribution >= 4 is 38.6 Å². The summed E-state index contributed by atoms with van der Waals surface area (Å²) in [5.41, 5.74) is 3.05. The number of benzene rings is 2. The van der Waals surface area contributed by atoms with Crippen LogP contribution in [-0.2, 0) is 0 Å². The van der Waals surface area contributed by atoms with Crippen molar-refractivity contribution in [2.75, 3.05) is 6.61 Å². The second-order valence-corrected chi connectivity index (χ2v) is 6.22. The summed E-state index contributed by atoms with van der Waals surface area (Å²) in [5.74, 6) is 1.31. The van der Waals surface area contributed by atoms with Crippen LogP contribution in [0.25, 0.3) is 22.7 Å². The molecular formula is C19H16BrN3O. The normalized spacial score (nSPS) is 11.5. The maximum absolute atomic E-state index is 9.57. The summed E-state index contributed by atoms with van der Waals surface area (Å²) in [4.78, 5) is 7.69. The molecule has 3 rings (SSSR count). The largest absolute Gasteiger partial charge is 0.493 e. The van der Waals surface area contributed by atoms with Gasteiger partial charge in [0, 0.05) is 10.0 Å². The molecule has 0 aliphatic rings. The van der Waals surface area contributed by atoms with Crippen LogP contribution in [-0.4, -0.2) is 16.6 Å². The van der Waals surface area contributed by atoms with Gasteiger partial charge in [-0.25, -0.2) is 4.98 Å². The number of nitrogens with one attached hydrogen (secondary N) is 1. The van der Waals surface area contributed by atoms with Gasteiger partial charge in [-0.1, -0.05) is 35.0 Å². The first-order valence-corrected chi connectivity index (χ1v) is 8.50. The van der Waals surface area contributed by atoms with Gasteiger partial charge in [0.1, 0.15) is 17.6 Å². The number of fused-ring (bicyclic) bond motifs is 1. The molecule has 0 aliphatic carbocycles. The third-order valence-corrected chi connectivity index (χ3v) is 3.99. The standard InChI is InChI=1S/C19H16BrN3O/c1-2-9-24-18-8-7-15(20)11-13(18)10-14(12-21)19-22-16-5-3-4-6-17(16)23-19/h3-8,10-11H,2,9H2,1H3,(H,22,23)/b14-10-. The van der Waals surface area contributed by atoms with Crippen molar-refractivity contribution in [2.45, 2.75) is 13.3 Å². The molecule has 0 atom stereocenters. The van der Waals surface area contributed by atoms with E-state index in [2.05, 4.69) is 38.9 Å². The molecule has 0 unspecified atom stereocenters. The highest BCUT2D eigenvalue weighted by molar-refractivity contribution is 9.10. The average Bonchev–Trinajstić information content (AvgIpc) is 3.02. The average molecular weight is 382 g/mol. The molecule has 5 heteroatoms. The molecule has 0 aliphatic heterocycles. The van der Waals surface area contributed by atoms with Crippen molar-refractivity contribution in [1.29, 1.82) is 5.26 Å². The van der Waals surface area contributed by atoms with E-state index in [0.29, 0.717) is 18.0 Å². The number of nitrogens with zero attached hydrogens (tertiary/aromatic N) is 2. The van der Waals surface area contributed by atoms with Gasteiger partial charge in [-0.2, -0.15) is 5.26 Å². The van der Waals surface area contributed by atoms with Gasteiger partial charge >= 0.3 is 0 Å². The lowest BCUT2D eigenvalue weighted by Gasteiger charge is -2.09. The number of hydrogen-bond donors (Lipinski definition) is 1. The highest BCUT2D eigenvalue weighted by Gasteiger charge is 2.10. The van der Waals surface area contributed by atoms with E-state index in [-0.39, 0.29) is 0 Å². The van der Waals surface area contributed by atoms with Gasteiger partial charge in [0.25, 0.3) is 0 Å². The molecule has 1 heterocycles. The third-order valence-electron chi connectivity index (χ3n) is 3.50. The predicted molar refractivity (Wildman–Crippen MR) is 99.5 cm³/mol. The number of H-pyrrole nitrogens is 1. The number of rotatable bonds is 5. The van der Waals surface area contributed by atoms with E-state index in [0.717, 1.165) is 33.2 Å². The lowest BCUT2D eigenvalue weighted by Crippen LogP contribution is -1.97. The molecule has 0 amide bonds. The van der Waals surface area contributed by atoms with Crippen LogP contribution in [0.5, 0.6) is 5.75 Å². The lowest BCUT2D eigenvalue weighted by atomic mass is 10.1. The number of nitriles is 1. The molecule has 0 fully saturated rings. The summed E-state index contributed by atoms with van der Waals surface area (Å²) in [6.07, 6.45) is 2.72. The van der Waals surface area contributed by atoms with Crippen LogP contribution in [0.4, 0.5) is 0 Å². The molecule has 4 nitrogen and oxygen atoms in total. The van der Waals surface area contributed by atoms with Crippen molar-refractivity contribution in [1.82, 2.24) is 9.97 Å². The molecule has 120 valence electrons. The minimum absolute atomic E-state index is 0.464. The molecule has 0 saturated carbocycles. The Kier molecular flexibility index (Phi) is 4.97. The Balaban J connectivity index is 2.04. The molecule has 1 N–H and O–H groups in total. The number of imidazole rings is 1. The quantitative estimate of drug-likeness (QED) is 0.619. The van der Waals surface area contributed by atoms with Crippen molar-refractivity contribution in [3.63, 3.8) is 0 Å². The maximum Gasteiger partial charge on any atom is 0.149 e. The molecule has 2 aromatic carbocycles. The molecule has 1 aromatic heterocycles. The molecule has 0 spiro atoms. The van der Waals surface area contributed by atoms with Gasteiger partial charge < -0.3 is 9.72 Å². The van der Waals surface area contributed by atoms with Crippen molar-refractivity contribution in [3.8, 4) is 11.8 Å². The van der Waals surface area contributed by atoms with Crippen LogP contribution in [0.15, 0.2) is 46.9 Å². The highest BCUT2D eigenvalue weighted by Crippen LogP contribution is 2.28. The molecule has 3 aromatic rings. The smallest absolute Gasteiger partial charge is 0.149 e. The first-order valence-electron chi connectivity index (χ1n) is 7.70. The van der Waals surface area contributed by atoms with Gasteiger partial charge in [0.15, 0.2) is 0 Å². The molecular weight excluding hydrogens is 366 g/mol.